The number of nitrogens with zero attached hydrogens (tertiary/aromatic N) is 1. The summed E-state index contributed by atoms with van der Waals surface area (Å²) >= 11 is 0. The van der Waals surface area contributed by atoms with Gasteiger partial charge in [0.1, 0.15) is 12.2 Å². The molecule has 0 aliphatic carbocycles. The van der Waals surface area contributed by atoms with Crippen LogP contribution in [0.4, 0.5) is 0 Å². The molecule has 0 spiro atoms. The Morgan fingerprint density at radius 3 is 2.69 bits per heavy atom. The fourth-order valence-electron chi connectivity index (χ4n) is 2.58. The van der Waals surface area contributed by atoms with Crippen molar-refractivity contribution in [1.82, 2.24) is 9.55 Å². The maximum absolute atomic E-state index is 12.2. The monoisotopic (exact) mass is 393 g/mol. The third-order valence-corrected chi connectivity index (χ3v) is 4.45. The topological polar surface area (TPSA) is 149 Å². The van der Waals surface area contributed by atoms with Gasteiger partial charge in [-0.1, -0.05) is 0 Å². The van der Waals surface area contributed by atoms with Gasteiger partial charge in [-0.05, 0) is 13.8 Å². The molecule has 11 nitrogen and oxygen atoms in total. The molecule has 1 saturated heterocycles. The lowest BCUT2D eigenvalue weighted by molar-refractivity contribution is -0.0928. The molecule has 2 rings (SSSR count). The largest absolute Gasteiger partial charge is 0.695 e. The van der Waals surface area contributed by atoms with Crippen LogP contribution in [0.5, 0.6) is 0 Å². The summed E-state index contributed by atoms with van der Waals surface area (Å²) in [6, 6.07) is 0. The minimum atomic E-state index is -3.00. The van der Waals surface area contributed by atoms with Gasteiger partial charge in [0, 0.05) is 23.4 Å². The summed E-state index contributed by atoms with van der Waals surface area (Å²) in [4.78, 5) is 35.0. The third kappa shape index (κ3) is 4.63. The first-order valence-corrected chi connectivity index (χ1v) is 8.97. The van der Waals surface area contributed by atoms with Crippen molar-refractivity contribution in [2.45, 2.75) is 44.5 Å². The molecule has 1 fully saturated rings. The quantitative estimate of drug-likeness (QED) is 0.482. The lowest BCUT2D eigenvalue weighted by Crippen LogP contribution is -2.41. The fraction of sp³-hybridized carbons (Fsp3) is 0.714. The van der Waals surface area contributed by atoms with Gasteiger partial charge in [0.25, 0.3) is 5.56 Å². The van der Waals surface area contributed by atoms with Crippen molar-refractivity contribution in [3.63, 3.8) is 0 Å². The molecule has 1 aliphatic rings. The molecule has 2 heterocycles. The van der Waals surface area contributed by atoms with Crippen LogP contribution in [-0.2, 0) is 23.3 Å². The predicted molar refractivity (Wildman–Crippen MR) is 88.0 cm³/mol. The van der Waals surface area contributed by atoms with E-state index in [-0.39, 0.29) is 18.3 Å². The highest BCUT2D eigenvalue weighted by Crippen LogP contribution is 2.37. The Morgan fingerprint density at radius 1 is 1.42 bits per heavy atom. The number of hydrogen-bond donors (Lipinski definition) is 3. The van der Waals surface area contributed by atoms with Crippen molar-refractivity contribution in [2.75, 3.05) is 20.3 Å². The molecule has 6 atom stereocenters. The van der Waals surface area contributed by atoms with Gasteiger partial charge in [0.2, 0.25) is 0 Å². The van der Waals surface area contributed by atoms with Gasteiger partial charge >= 0.3 is 13.9 Å². The first kappa shape index (κ1) is 20.8. The van der Waals surface area contributed by atoms with E-state index in [2.05, 4.69) is 4.98 Å². The average Bonchev–Trinajstić information content (AvgIpc) is 2.92. The van der Waals surface area contributed by atoms with E-state index in [9.17, 15) is 19.3 Å². The molecular formula is C14H22N2O9P+. The molecule has 0 bridgehead atoms. The van der Waals surface area contributed by atoms with E-state index >= 15 is 0 Å². The number of rotatable bonds is 8. The number of aliphatic hydroxyl groups excluding tert-OH is 1. The minimum absolute atomic E-state index is 0.0817. The van der Waals surface area contributed by atoms with E-state index in [0.717, 1.165) is 4.57 Å². The third-order valence-electron chi connectivity index (χ3n) is 4.02. The number of aromatic nitrogens is 2. The van der Waals surface area contributed by atoms with Crippen LogP contribution in [0, 0.1) is 6.92 Å². The Labute approximate surface area is 149 Å². The average molecular weight is 393 g/mol. The van der Waals surface area contributed by atoms with E-state index < -0.39 is 50.7 Å². The molecular weight excluding hydrogens is 371 g/mol. The molecule has 1 aromatic rings. The van der Waals surface area contributed by atoms with Crippen LogP contribution < -0.4 is 11.2 Å². The SMILES string of the molecule is CO[C@H](C)COC1C(O[P+](=O)O)[C@@H](CO)O[C@H]1n1cc(C)c(=O)[nH]c1=O. The lowest BCUT2D eigenvalue weighted by atomic mass is 10.1. The molecule has 0 amide bonds. The molecule has 3 N–H and O–H groups in total. The van der Waals surface area contributed by atoms with Gasteiger partial charge in [0.15, 0.2) is 12.3 Å². The van der Waals surface area contributed by atoms with Crippen LogP contribution in [0.2, 0.25) is 0 Å². The van der Waals surface area contributed by atoms with E-state index in [0.29, 0.717) is 0 Å². The summed E-state index contributed by atoms with van der Waals surface area (Å²) in [7, 11) is -1.52. The summed E-state index contributed by atoms with van der Waals surface area (Å²) in [5.41, 5.74) is -1.03. The smallest absolute Gasteiger partial charge is 0.394 e. The highest BCUT2D eigenvalue weighted by Gasteiger charge is 2.51. The van der Waals surface area contributed by atoms with E-state index in [1.807, 2.05) is 0 Å². The maximum Gasteiger partial charge on any atom is 0.695 e. The first-order valence-electron chi connectivity index (χ1n) is 7.84. The summed E-state index contributed by atoms with van der Waals surface area (Å²) in [6.07, 6.45) is -3.22. The predicted octanol–water partition coefficient (Wildman–Crippen LogP) is -0.810. The minimum Gasteiger partial charge on any atom is -0.394 e. The molecule has 26 heavy (non-hydrogen) atoms. The van der Waals surface area contributed by atoms with Crippen LogP contribution in [0.25, 0.3) is 0 Å². The summed E-state index contributed by atoms with van der Waals surface area (Å²) in [5.74, 6) is 0. The van der Waals surface area contributed by atoms with E-state index in [4.69, 9.17) is 23.6 Å². The van der Waals surface area contributed by atoms with Crippen LogP contribution in [0.3, 0.4) is 0 Å². The first-order chi connectivity index (χ1) is 12.3. The molecule has 146 valence electrons. The number of ether oxygens (including phenoxy) is 3. The van der Waals surface area contributed by atoms with Crippen molar-refractivity contribution < 1.29 is 33.3 Å². The Morgan fingerprint density at radius 2 is 2.12 bits per heavy atom. The molecule has 0 saturated carbocycles. The van der Waals surface area contributed by atoms with Crippen molar-refractivity contribution in [1.29, 1.82) is 0 Å². The molecule has 0 aromatic carbocycles. The van der Waals surface area contributed by atoms with E-state index in [1.165, 1.54) is 20.2 Å². The summed E-state index contributed by atoms with van der Waals surface area (Å²) in [6.45, 7) is 2.81. The summed E-state index contributed by atoms with van der Waals surface area (Å²) < 4.78 is 33.7. The normalized spacial score (nSPS) is 27.5. The zero-order valence-corrected chi connectivity index (χ0v) is 15.4. The Hall–Kier alpha value is -1.46. The van der Waals surface area contributed by atoms with Crippen molar-refractivity contribution >= 4 is 8.25 Å². The van der Waals surface area contributed by atoms with Crippen molar-refractivity contribution in [3.8, 4) is 0 Å². The maximum atomic E-state index is 12.2. The number of aryl methyl sites for hydroxylation is 1. The number of aromatic amines is 1. The van der Waals surface area contributed by atoms with Gasteiger partial charge in [0.05, 0.1) is 19.3 Å². The van der Waals surface area contributed by atoms with Crippen LogP contribution in [0.15, 0.2) is 15.8 Å². The number of nitrogens with one attached hydrogen (secondary N) is 1. The highest BCUT2D eigenvalue weighted by molar-refractivity contribution is 7.32. The molecule has 3 unspecified atom stereocenters. The zero-order valence-electron chi connectivity index (χ0n) is 14.5. The van der Waals surface area contributed by atoms with E-state index in [1.54, 1.807) is 6.92 Å². The number of H-pyrrole nitrogens is 1. The fourth-order valence-corrected chi connectivity index (χ4v) is 3.04. The highest BCUT2D eigenvalue weighted by atomic mass is 31.1. The second-order valence-corrected chi connectivity index (χ2v) is 6.56. The van der Waals surface area contributed by atoms with Gasteiger partial charge in [-0.25, -0.2) is 4.79 Å². The Bertz CT molecular complexity index is 749. The standard InChI is InChI=1S/C14H21N2O9P/c1-7-4-16(14(19)15-12(7)18)13-11(23-6-8(2)22-3)10(25-26(20)21)9(5-17)24-13/h4,8-11,13,17H,5-6H2,1-3H3,(H-,15,18,19,20,21)/p+1/t8-,9-,10?,11?,13-/m1/s1. The number of aliphatic hydroxyl groups is 1. The van der Waals surface area contributed by atoms with Gasteiger partial charge in [-0.2, -0.15) is 0 Å². The number of hydrogen-bond acceptors (Lipinski definition) is 8. The molecule has 12 heteroatoms. The van der Waals surface area contributed by atoms with Crippen molar-refractivity contribution in [3.05, 3.63) is 32.6 Å². The Balaban J connectivity index is 2.40. The van der Waals surface area contributed by atoms with Crippen LogP contribution in [-0.4, -0.2) is 64.3 Å². The van der Waals surface area contributed by atoms with Crippen LogP contribution >= 0.6 is 8.25 Å². The molecule has 1 aromatic heterocycles. The van der Waals surface area contributed by atoms with Gasteiger partial charge < -0.3 is 19.3 Å². The molecule has 1 aliphatic heterocycles. The zero-order chi connectivity index (χ0) is 19.4. The van der Waals surface area contributed by atoms with Gasteiger partial charge in [-0.15, -0.1) is 9.42 Å². The van der Waals surface area contributed by atoms with Crippen LogP contribution in [0.1, 0.15) is 18.7 Å². The number of methoxy groups -OCH3 is 1. The molecule has 0 radical (unpaired) electrons. The Kier molecular flexibility index (Phi) is 7.18. The summed E-state index contributed by atoms with van der Waals surface area (Å²) in [5, 5.41) is 9.52. The second kappa shape index (κ2) is 8.96. The van der Waals surface area contributed by atoms with Gasteiger partial charge in [-0.3, -0.25) is 14.3 Å². The van der Waals surface area contributed by atoms with Crippen molar-refractivity contribution in [2.24, 2.45) is 0 Å². The second-order valence-electron chi connectivity index (χ2n) is 5.88. The lowest BCUT2D eigenvalue weighted by Gasteiger charge is -2.23.